The maximum Gasteiger partial charge on any atom is 0.251 e. The number of amides is 1. The van der Waals surface area contributed by atoms with Crippen LogP contribution in [0.5, 0.6) is 11.6 Å². The van der Waals surface area contributed by atoms with Gasteiger partial charge in [-0.15, -0.1) is 0 Å². The minimum Gasteiger partial charge on any atom is -0.439 e. The molecule has 0 atom stereocenters. The van der Waals surface area contributed by atoms with Crippen molar-refractivity contribution in [1.82, 2.24) is 10.3 Å². The number of benzene rings is 1. The van der Waals surface area contributed by atoms with Gasteiger partial charge >= 0.3 is 0 Å². The lowest BCUT2D eigenvalue weighted by molar-refractivity contribution is 0.0948. The van der Waals surface area contributed by atoms with E-state index < -0.39 is 0 Å². The molecule has 0 bridgehead atoms. The van der Waals surface area contributed by atoms with Crippen LogP contribution in [-0.2, 0) is 4.74 Å². The molecule has 0 saturated carbocycles. The maximum absolute atomic E-state index is 12.0. The SMILES string of the molecule is COCCCNC(=O)c1cccc(Oc2ccccn2)c1. The molecule has 1 N–H and O–H groups in total. The van der Waals surface area contributed by atoms with Gasteiger partial charge in [-0.1, -0.05) is 12.1 Å². The summed E-state index contributed by atoms with van der Waals surface area (Å²) in [5, 5.41) is 2.83. The van der Waals surface area contributed by atoms with Gasteiger partial charge in [0.25, 0.3) is 5.91 Å². The summed E-state index contributed by atoms with van der Waals surface area (Å²) in [6.45, 7) is 1.21. The number of nitrogens with zero attached hydrogens (tertiary/aromatic N) is 1. The first-order chi connectivity index (χ1) is 10.3. The largest absolute Gasteiger partial charge is 0.439 e. The second kappa shape index (κ2) is 8.01. The Bertz CT molecular complexity index is 573. The third-order valence-electron chi connectivity index (χ3n) is 2.77. The van der Waals surface area contributed by atoms with Crippen LogP contribution < -0.4 is 10.1 Å². The molecule has 2 rings (SSSR count). The fourth-order valence-electron chi connectivity index (χ4n) is 1.75. The average molecular weight is 286 g/mol. The van der Waals surface area contributed by atoms with E-state index in [0.29, 0.717) is 30.3 Å². The highest BCUT2D eigenvalue weighted by Crippen LogP contribution is 2.19. The molecule has 1 aromatic carbocycles. The highest BCUT2D eigenvalue weighted by molar-refractivity contribution is 5.94. The average Bonchev–Trinajstić information content (AvgIpc) is 2.53. The molecule has 0 fully saturated rings. The summed E-state index contributed by atoms with van der Waals surface area (Å²) >= 11 is 0. The van der Waals surface area contributed by atoms with Crippen molar-refractivity contribution < 1.29 is 14.3 Å². The normalized spacial score (nSPS) is 10.1. The zero-order valence-electron chi connectivity index (χ0n) is 11.9. The van der Waals surface area contributed by atoms with Crippen LogP contribution in [0, 0.1) is 0 Å². The molecule has 2 aromatic rings. The van der Waals surface area contributed by atoms with Gasteiger partial charge in [0.1, 0.15) is 5.75 Å². The van der Waals surface area contributed by atoms with E-state index in [4.69, 9.17) is 9.47 Å². The van der Waals surface area contributed by atoms with E-state index in [9.17, 15) is 4.79 Å². The third kappa shape index (κ3) is 4.89. The molecule has 0 saturated heterocycles. The van der Waals surface area contributed by atoms with E-state index in [0.717, 1.165) is 6.42 Å². The van der Waals surface area contributed by atoms with Crippen LogP contribution in [0.3, 0.4) is 0 Å². The summed E-state index contributed by atoms with van der Waals surface area (Å²) < 4.78 is 10.5. The van der Waals surface area contributed by atoms with Gasteiger partial charge in [-0.25, -0.2) is 4.98 Å². The summed E-state index contributed by atoms with van der Waals surface area (Å²) in [5.41, 5.74) is 0.556. The number of aromatic nitrogens is 1. The molecule has 0 spiro atoms. The molecule has 1 aromatic heterocycles. The first-order valence-corrected chi connectivity index (χ1v) is 6.75. The van der Waals surface area contributed by atoms with Crippen molar-refractivity contribution in [3.05, 3.63) is 54.2 Å². The summed E-state index contributed by atoms with van der Waals surface area (Å²) in [6.07, 6.45) is 2.44. The topological polar surface area (TPSA) is 60.5 Å². The van der Waals surface area contributed by atoms with Crippen molar-refractivity contribution in [1.29, 1.82) is 0 Å². The number of ether oxygens (including phenoxy) is 2. The Morgan fingerprint density at radius 3 is 2.90 bits per heavy atom. The molecular weight excluding hydrogens is 268 g/mol. The number of carbonyl (C=O) groups excluding carboxylic acids is 1. The number of pyridine rings is 1. The van der Waals surface area contributed by atoms with Crippen LogP contribution in [0.2, 0.25) is 0 Å². The number of methoxy groups -OCH3 is 1. The minimum atomic E-state index is -0.127. The minimum absolute atomic E-state index is 0.127. The predicted octanol–water partition coefficient (Wildman–Crippen LogP) is 2.64. The molecule has 0 aliphatic rings. The lowest BCUT2D eigenvalue weighted by Crippen LogP contribution is -2.25. The highest BCUT2D eigenvalue weighted by atomic mass is 16.5. The fraction of sp³-hybridized carbons (Fsp3) is 0.250. The Labute approximate surface area is 123 Å². The van der Waals surface area contributed by atoms with Crippen molar-refractivity contribution in [3.8, 4) is 11.6 Å². The van der Waals surface area contributed by atoms with E-state index in [1.807, 2.05) is 12.1 Å². The lowest BCUT2D eigenvalue weighted by Gasteiger charge is -2.07. The molecule has 0 radical (unpaired) electrons. The Balaban J connectivity index is 1.95. The number of nitrogens with one attached hydrogen (secondary N) is 1. The van der Waals surface area contributed by atoms with Gasteiger partial charge in [-0.2, -0.15) is 0 Å². The Kier molecular flexibility index (Phi) is 5.72. The number of carbonyl (C=O) groups is 1. The van der Waals surface area contributed by atoms with Gasteiger partial charge < -0.3 is 14.8 Å². The van der Waals surface area contributed by atoms with E-state index in [2.05, 4.69) is 10.3 Å². The van der Waals surface area contributed by atoms with Gasteiger partial charge in [0.15, 0.2) is 0 Å². The van der Waals surface area contributed by atoms with Crippen LogP contribution in [0.15, 0.2) is 48.7 Å². The molecule has 0 aliphatic carbocycles. The molecule has 21 heavy (non-hydrogen) atoms. The quantitative estimate of drug-likeness (QED) is 0.795. The van der Waals surface area contributed by atoms with Crippen molar-refractivity contribution in [2.24, 2.45) is 0 Å². The van der Waals surface area contributed by atoms with Crippen molar-refractivity contribution in [2.75, 3.05) is 20.3 Å². The van der Waals surface area contributed by atoms with E-state index in [-0.39, 0.29) is 5.91 Å². The number of rotatable bonds is 7. The van der Waals surface area contributed by atoms with Crippen LogP contribution in [-0.4, -0.2) is 31.2 Å². The summed E-state index contributed by atoms with van der Waals surface area (Å²) in [7, 11) is 1.64. The van der Waals surface area contributed by atoms with Gasteiger partial charge in [0.05, 0.1) is 0 Å². The molecule has 110 valence electrons. The monoisotopic (exact) mass is 286 g/mol. The molecule has 0 unspecified atom stereocenters. The standard InChI is InChI=1S/C16H18N2O3/c1-20-11-5-10-18-16(19)13-6-4-7-14(12-13)21-15-8-2-3-9-17-15/h2-4,6-9,12H,5,10-11H2,1H3,(H,18,19). The number of hydrogen-bond donors (Lipinski definition) is 1. The summed E-state index contributed by atoms with van der Waals surface area (Å²) in [5.74, 6) is 0.950. The van der Waals surface area contributed by atoms with Crippen LogP contribution >= 0.6 is 0 Å². The third-order valence-corrected chi connectivity index (χ3v) is 2.77. The zero-order chi connectivity index (χ0) is 14.9. The Morgan fingerprint density at radius 2 is 2.14 bits per heavy atom. The number of hydrogen-bond acceptors (Lipinski definition) is 4. The molecular formula is C16H18N2O3. The van der Waals surface area contributed by atoms with Gasteiger partial charge in [0, 0.05) is 38.1 Å². The first-order valence-electron chi connectivity index (χ1n) is 6.75. The molecule has 1 amide bonds. The zero-order valence-corrected chi connectivity index (χ0v) is 11.9. The molecule has 5 nitrogen and oxygen atoms in total. The van der Waals surface area contributed by atoms with E-state index in [1.54, 1.807) is 43.6 Å². The van der Waals surface area contributed by atoms with Crippen molar-refractivity contribution >= 4 is 5.91 Å². The van der Waals surface area contributed by atoms with Crippen LogP contribution in [0.4, 0.5) is 0 Å². The molecule has 0 aliphatic heterocycles. The Hall–Kier alpha value is -2.40. The van der Waals surface area contributed by atoms with Crippen molar-refractivity contribution in [2.45, 2.75) is 6.42 Å². The summed E-state index contributed by atoms with van der Waals surface area (Å²) in [6, 6.07) is 12.4. The second-order valence-corrected chi connectivity index (χ2v) is 4.40. The van der Waals surface area contributed by atoms with E-state index in [1.165, 1.54) is 0 Å². The second-order valence-electron chi connectivity index (χ2n) is 4.40. The maximum atomic E-state index is 12.0. The first kappa shape index (κ1) is 15.0. The molecule has 5 heteroatoms. The molecule has 1 heterocycles. The lowest BCUT2D eigenvalue weighted by atomic mass is 10.2. The van der Waals surface area contributed by atoms with E-state index >= 15 is 0 Å². The highest BCUT2D eigenvalue weighted by Gasteiger charge is 2.06. The van der Waals surface area contributed by atoms with Crippen LogP contribution in [0.1, 0.15) is 16.8 Å². The summed E-state index contributed by atoms with van der Waals surface area (Å²) in [4.78, 5) is 16.1. The predicted molar refractivity (Wildman–Crippen MR) is 79.6 cm³/mol. The van der Waals surface area contributed by atoms with Gasteiger partial charge in [-0.3, -0.25) is 4.79 Å². The van der Waals surface area contributed by atoms with Crippen LogP contribution in [0.25, 0.3) is 0 Å². The van der Waals surface area contributed by atoms with Gasteiger partial charge in [0.2, 0.25) is 5.88 Å². The van der Waals surface area contributed by atoms with Crippen molar-refractivity contribution in [3.63, 3.8) is 0 Å². The fourth-order valence-corrected chi connectivity index (χ4v) is 1.75. The Morgan fingerprint density at radius 1 is 1.24 bits per heavy atom. The smallest absolute Gasteiger partial charge is 0.251 e. The van der Waals surface area contributed by atoms with Gasteiger partial charge in [-0.05, 0) is 30.7 Å².